The molecule has 2 heterocycles. The Balaban J connectivity index is 1.80. The lowest BCUT2D eigenvalue weighted by atomic mass is 10.2. The topological polar surface area (TPSA) is 73.0 Å². The third-order valence-electron chi connectivity index (χ3n) is 3.91. The molecule has 0 saturated heterocycles. The van der Waals surface area contributed by atoms with Gasteiger partial charge < -0.3 is 9.73 Å². The number of carbonyl (C=O) groups excluding carboxylic acids is 1. The second-order valence-corrected chi connectivity index (χ2v) is 9.34. The first-order valence-corrected chi connectivity index (χ1v) is 10.9. The average molecular weight is 474 g/mol. The predicted molar refractivity (Wildman–Crippen MR) is 118 cm³/mol. The van der Waals surface area contributed by atoms with Gasteiger partial charge in [0.25, 0.3) is 0 Å². The molecular formula is C19H19Cl3N4O2S. The molecule has 154 valence electrons. The summed E-state index contributed by atoms with van der Waals surface area (Å²) in [5.74, 6) is 1.35. The summed E-state index contributed by atoms with van der Waals surface area (Å²) < 4.78 is 7.43. The van der Waals surface area contributed by atoms with Crippen LogP contribution < -0.4 is 5.32 Å². The molecule has 1 amide bonds. The van der Waals surface area contributed by atoms with Gasteiger partial charge in [-0.15, -0.1) is 10.2 Å². The van der Waals surface area contributed by atoms with E-state index in [4.69, 9.17) is 39.2 Å². The quantitative estimate of drug-likeness (QED) is 0.409. The van der Waals surface area contributed by atoms with Crippen molar-refractivity contribution in [3.8, 4) is 11.6 Å². The third kappa shape index (κ3) is 5.28. The number of thioether (sulfide) groups is 1. The molecule has 29 heavy (non-hydrogen) atoms. The minimum atomic E-state index is -0.475. The summed E-state index contributed by atoms with van der Waals surface area (Å²) in [5, 5.41) is 12.4. The van der Waals surface area contributed by atoms with Crippen LogP contribution in [0.3, 0.4) is 0 Å². The van der Waals surface area contributed by atoms with Crippen LogP contribution in [0, 0.1) is 5.92 Å². The fourth-order valence-electron chi connectivity index (χ4n) is 2.59. The number of rotatable bonds is 7. The maximum absolute atomic E-state index is 12.7. The summed E-state index contributed by atoms with van der Waals surface area (Å²) in [6, 6.07) is 6.68. The molecule has 0 fully saturated rings. The molecule has 1 N–H and O–H groups in total. The van der Waals surface area contributed by atoms with Gasteiger partial charge in [-0.25, -0.2) is 0 Å². The van der Waals surface area contributed by atoms with Crippen LogP contribution in [-0.4, -0.2) is 25.9 Å². The lowest BCUT2D eigenvalue weighted by Gasteiger charge is -2.16. The third-order valence-corrected chi connectivity index (χ3v) is 5.81. The summed E-state index contributed by atoms with van der Waals surface area (Å²) in [6.07, 6.45) is 1.59. The summed E-state index contributed by atoms with van der Waals surface area (Å²) in [5.41, 5.74) is 0.329. The number of nitrogens with one attached hydrogen (secondary N) is 1. The molecule has 0 saturated carbocycles. The Morgan fingerprint density at radius 2 is 1.90 bits per heavy atom. The zero-order chi connectivity index (χ0) is 21.1. The minimum Gasteiger partial charge on any atom is -0.461 e. The Kier molecular flexibility index (Phi) is 7.16. The van der Waals surface area contributed by atoms with Gasteiger partial charge in [0.15, 0.2) is 16.7 Å². The Hall–Kier alpha value is -1.67. The van der Waals surface area contributed by atoms with E-state index in [1.54, 1.807) is 19.3 Å². The van der Waals surface area contributed by atoms with Crippen molar-refractivity contribution in [1.82, 2.24) is 14.8 Å². The highest BCUT2D eigenvalue weighted by Crippen LogP contribution is 2.35. The molecule has 3 aromatic rings. The van der Waals surface area contributed by atoms with Crippen molar-refractivity contribution in [3.63, 3.8) is 0 Å². The first kappa shape index (κ1) is 22.0. The van der Waals surface area contributed by atoms with Crippen LogP contribution in [0.25, 0.3) is 11.6 Å². The van der Waals surface area contributed by atoms with E-state index < -0.39 is 5.25 Å². The fraction of sp³-hybridized carbons (Fsp3) is 0.316. The van der Waals surface area contributed by atoms with Crippen LogP contribution in [0.15, 0.2) is 40.1 Å². The number of anilines is 1. The lowest BCUT2D eigenvalue weighted by Crippen LogP contribution is -2.23. The van der Waals surface area contributed by atoms with Crippen LogP contribution >= 0.6 is 46.6 Å². The largest absolute Gasteiger partial charge is 0.461 e. The van der Waals surface area contributed by atoms with E-state index in [1.807, 2.05) is 10.6 Å². The van der Waals surface area contributed by atoms with Crippen molar-refractivity contribution in [3.05, 3.63) is 45.6 Å². The SMILES string of the molecule is CC(C)Cn1c(SC(C)C(=O)Nc2c(Cl)cc(Cl)cc2Cl)nnc1-c1ccco1. The number of nitrogens with zero attached hydrogens (tertiary/aromatic N) is 3. The van der Waals surface area contributed by atoms with Gasteiger partial charge in [-0.3, -0.25) is 9.36 Å². The highest BCUT2D eigenvalue weighted by Gasteiger charge is 2.23. The van der Waals surface area contributed by atoms with E-state index in [2.05, 4.69) is 29.4 Å². The average Bonchev–Trinajstić information content (AvgIpc) is 3.28. The molecule has 0 aliphatic carbocycles. The smallest absolute Gasteiger partial charge is 0.237 e. The zero-order valence-corrected chi connectivity index (χ0v) is 19.0. The normalized spacial score (nSPS) is 12.4. The number of hydrogen-bond acceptors (Lipinski definition) is 5. The Labute approximate surface area is 187 Å². The highest BCUT2D eigenvalue weighted by molar-refractivity contribution is 8.00. The van der Waals surface area contributed by atoms with Crippen LogP contribution in [0.4, 0.5) is 5.69 Å². The molecule has 6 nitrogen and oxygen atoms in total. The van der Waals surface area contributed by atoms with Gasteiger partial charge in [0.2, 0.25) is 5.91 Å². The van der Waals surface area contributed by atoms with Crippen LogP contribution in [-0.2, 0) is 11.3 Å². The highest BCUT2D eigenvalue weighted by atomic mass is 35.5. The van der Waals surface area contributed by atoms with E-state index in [1.165, 1.54) is 23.9 Å². The zero-order valence-electron chi connectivity index (χ0n) is 15.9. The maximum Gasteiger partial charge on any atom is 0.237 e. The Morgan fingerprint density at radius 1 is 1.21 bits per heavy atom. The number of furan rings is 1. The van der Waals surface area contributed by atoms with Crippen molar-refractivity contribution in [2.24, 2.45) is 5.92 Å². The van der Waals surface area contributed by atoms with Gasteiger partial charge in [-0.2, -0.15) is 0 Å². The summed E-state index contributed by atoms with van der Waals surface area (Å²) in [7, 11) is 0. The number of halogens is 3. The summed E-state index contributed by atoms with van der Waals surface area (Å²) >= 11 is 19.5. The van der Waals surface area contributed by atoms with E-state index in [9.17, 15) is 4.79 Å². The standard InChI is InChI=1S/C19H19Cl3N4O2S/c1-10(2)9-26-17(15-5-4-6-28-15)24-25-19(26)29-11(3)18(27)23-16-13(21)7-12(20)8-14(16)22/h4-8,10-11H,9H2,1-3H3,(H,23,27). The van der Waals surface area contributed by atoms with Gasteiger partial charge in [0.05, 0.1) is 27.2 Å². The maximum atomic E-state index is 12.7. The number of amides is 1. The number of benzene rings is 1. The molecule has 0 spiro atoms. The molecule has 1 aromatic carbocycles. The van der Waals surface area contributed by atoms with Gasteiger partial charge in [0.1, 0.15) is 0 Å². The van der Waals surface area contributed by atoms with Gasteiger partial charge in [0, 0.05) is 11.6 Å². The number of aromatic nitrogens is 3. The van der Waals surface area contributed by atoms with Crippen LogP contribution in [0.1, 0.15) is 20.8 Å². The van der Waals surface area contributed by atoms with Gasteiger partial charge in [-0.05, 0) is 37.1 Å². The van der Waals surface area contributed by atoms with Crippen molar-refractivity contribution >= 4 is 58.2 Å². The molecular weight excluding hydrogens is 455 g/mol. The molecule has 0 bridgehead atoms. The van der Waals surface area contributed by atoms with Crippen molar-refractivity contribution in [2.45, 2.75) is 37.7 Å². The number of carbonyl (C=O) groups is 1. The van der Waals surface area contributed by atoms with Crippen LogP contribution in [0.5, 0.6) is 0 Å². The molecule has 2 aromatic heterocycles. The van der Waals surface area contributed by atoms with E-state index in [0.29, 0.717) is 39.9 Å². The second kappa shape index (κ2) is 9.43. The number of hydrogen-bond donors (Lipinski definition) is 1. The Bertz CT molecular complexity index is 982. The van der Waals surface area contributed by atoms with Crippen LogP contribution in [0.2, 0.25) is 15.1 Å². The van der Waals surface area contributed by atoms with Gasteiger partial charge in [-0.1, -0.05) is 60.4 Å². The summed E-state index contributed by atoms with van der Waals surface area (Å²) in [4.78, 5) is 12.7. The lowest BCUT2D eigenvalue weighted by molar-refractivity contribution is -0.115. The van der Waals surface area contributed by atoms with Crippen molar-refractivity contribution in [1.29, 1.82) is 0 Å². The molecule has 1 unspecified atom stereocenters. The van der Waals surface area contributed by atoms with E-state index >= 15 is 0 Å². The monoisotopic (exact) mass is 472 g/mol. The molecule has 0 aliphatic heterocycles. The molecule has 10 heteroatoms. The molecule has 3 rings (SSSR count). The van der Waals surface area contributed by atoms with E-state index in [-0.39, 0.29) is 16.0 Å². The van der Waals surface area contributed by atoms with Crippen molar-refractivity contribution < 1.29 is 9.21 Å². The Morgan fingerprint density at radius 3 is 2.48 bits per heavy atom. The van der Waals surface area contributed by atoms with E-state index in [0.717, 1.165) is 0 Å². The van der Waals surface area contributed by atoms with Gasteiger partial charge >= 0.3 is 0 Å². The first-order chi connectivity index (χ1) is 13.8. The molecule has 0 radical (unpaired) electrons. The fourth-order valence-corrected chi connectivity index (χ4v) is 4.36. The summed E-state index contributed by atoms with van der Waals surface area (Å²) in [6.45, 7) is 6.66. The predicted octanol–water partition coefficient (Wildman–Crippen LogP) is 6.27. The molecule has 0 aliphatic rings. The second-order valence-electron chi connectivity index (χ2n) is 6.78. The molecule has 1 atom stereocenters. The van der Waals surface area contributed by atoms with Crippen molar-refractivity contribution in [2.75, 3.05) is 5.32 Å². The minimum absolute atomic E-state index is 0.264. The first-order valence-electron chi connectivity index (χ1n) is 8.85.